The molecule has 0 spiro atoms. The van der Waals surface area contributed by atoms with Gasteiger partial charge in [0.1, 0.15) is 0 Å². The van der Waals surface area contributed by atoms with Crippen LogP contribution >= 0.6 is 0 Å². The fourth-order valence-corrected chi connectivity index (χ4v) is 8.94. The van der Waals surface area contributed by atoms with Crippen molar-refractivity contribution in [2.75, 3.05) is 0 Å². The SMILES string of the molecule is c1ccc2cc(-c3ccc4c(-c5ccc(-c6cccc7ccccc67)cc5)c5ccccc5c(-c5ccc(-c6cccc7ccccc67)cc5)c4c3)ccc2c1. The summed E-state index contributed by atoms with van der Waals surface area (Å²) in [5.41, 5.74) is 12.3. The van der Waals surface area contributed by atoms with Crippen molar-refractivity contribution in [2.24, 2.45) is 0 Å². The number of benzene rings is 11. The molecule has 56 heavy (non-hydrogen) atoms. The maximum atomic E-state index is 2.42. The molecule has 0 saturated heterocycles. The van der Waals surface area contributed by atoms with Gasteiger partial charge in [-0.05, 0) is 122 Å². The molecule has 0 atom stereocenters. The standard InChI is InChI=1S/C56H36/c1-2-14-44-35-45(32-23-37(44)11-1)46-33-34-53-54(36-46)56(43-30-26-41(27-31-43)50-22-10-16-39-13-4-6-18-48(39)50)52-20-8-7-19-51(52)55(53)42-28-24-40(25-29-42)49-21-9-15-38-12-3-5-17-47(38)49/h1-36H. The van der Waals surface area contributed by atoms with Gasteiger partial charge < -0.3 is 0 Å². The average molecular weight is 709 g/mol. The minimum absolute atomic E-state index is 1.21. The Morgan fingerprint density at radius 2 is 0.554 bits per heavy atom. The first kappa shape index (κ1) is 32.2. The van der Waals surface area contributed by atoms with E-state index in [1.807, 2.05) is 0 Å². The zero-order valence-corrected chi connectivity index (χ0v) is 30.8. The first-order valence-corrected chi connectivity index (χ1v) is 19.4. The van der Waals surface area contributed by atoms with E-state index in [-0.39, 0.29) is 0 Å². The maximum Gasteiger partial charge on any atom is -0.00261 e. The molecule has 0 aromatic heterocycles. The van der Waals surface area contributed by atoms with Crippen molar-refractivity contribution in [2.45, 2.75) is 0 Å². The van der Waals surface area contributed by atoms with Crippen molar-refractivity contribution in [3.63, 3.8) is 0 Å². The summed E-state index contributed by atoms with van der Waals surface area (Å²) in [4.78, 5) is 0. The van der Waals surface area contributed by atoms with Crippen LogP contribution < -0.4 is 0 Å². The van der Waals surface area contributed by atoms with Crippen LogP contribution in [0.5, 0.6) is 0 Å². The first-order chi connectivity index (χ1) is 27.8. The molecule has 11 rings (SSSR count). The van der Waals surface area contributed by atoms with Gasteiger partial charge in [0.25, 0.3) is 0 Å². The first-order valence-electron chi connectivity index (χ1n) is 19.4. The van der Waals surface area contributed by atoms with Crippen LogP contribution in [-0.2, 0) is 0 Å². The van der Waals surface area contributed by atoms with Crippen molar-refractivity contribution in [3.8, 4) is 55.6 Å². The lowest BCUT2D eigenvalue weighted by Gasteiger charge is -2.19. The summed E-state index contributed by atoms with van der Waals surface area (Å²) in [6.45, 7) is 0. The summed E-state index contributed by atoms with van der Waals surface area (Å²) >= 11 is 0. The minimum atomic E-state index is 1.21. The van der Waals surface area contributed by atoms with Gasteiger partial charge >= 0.3 is 0 Å². The molecule has 0 heterocycles. The molecular formula is C56H36. The van der Waals surface area contributed by atoms with Crippen molar-refractivity contribution in [1.82, 2.24) is 0 Å². The molecule has 11 aromatic carbocycles. The van der Waals surface area contributed by atoms with Gasteiger partial charge in [-0.15, -0.1) is 0 Å². The van der Waals surface area contributed by atoms with Crippen molar-refractivity contribution < 1.29 is 0 Å². The molecule has 11 aromatic rings. The number of fused-ring (bicyclic) bond motifs is 5. The van der Waals surface area contributed by atoms with Crippen LogP contribution in [0, 0.1) is 0 Å². The van der Waals surface area contributed by atoms with E-state index >= 15 is 0 Å². The molecule has 0 aliphatic carbocycles. The van der Waals surface area contributed by atoms with E-state index in [2.05, 4.69) is 218 Å². The fraction of sp³-hybridized carbons (Fsp3) is 0. The summed E-state index contributed by atoms with van der Waals surface area (Å²) in [7, 11) is 0. The molecule has 0 aliphatic heterocycles. The van der Waals surface area contributed by atoms with E-state index in [1.54, 1.807) is 0 Å². The highest BCUT2D eigenvalue weighted by Gasteiger charge is 2.18. The molecular weight excluding hydrogens is 673 g/mol. The molecule has 260 valence electrons. The second-order valence-electron chi connectivity index (χ2n) is 14.8. The fourth-order valence-electron chi connectivity index (χ4n) is 8.94. The van der Waals surface area contributed by atoms with Crippen molar-refractivity contribution >= 4 is 53.9 Å². The number of hydrogen-bond acceptors (Lipinski definition) is 0. The Balaban J connectivity index is 1.13. The molecule has 0 fully saturated rings. The molecule has 0 nitrogen and oxygen atoms in total. The van der Waals surface area contributed by atoms with Crippen molar-refractivity contribution in [3.05, 3.63) is 218 Å². The predicted molar refractivity (Wildman–Crippen MR) is 241 cm³/mol. The third-order valence-electron chi connectivity index (χ3n) is 11.7. The quantitative estimate of drug-likeness (QED) is 0.156. The Hall–Kier alpha value is -7.28. The molecule has 0 N–H and O–H groups in total. The largest absolute Gasteiger partial charge is 0.0616 e. The van der Waals surface area contributed by atoms with E-state index in [4.69, 9.17) is 0 Å². The Labute approximate surface area is 326 Å². The second-order valence-corrected chi connectivity index (χ2v) is 14.8. The molecule has 0 heteroatoms. The van der Waals surface area contributed by atoms with Crippen LogP contribution in [0.1, 0.15) is 0 Å². The van der Waals surface area contributed by atoms with E-state index < -0.39 is 0 Å². The Morgan fingerprint density at radius 1 is 0.179 bits per heavy atom. The van der Waals surface area contributed by atoms with Gasteiger partial charge in [-0.1, -0.05) is 206 Å². The predicted octanol–water partition coefficient (Wildman–Crippen LogP) is 15.8. The minimum Gasteiger partial charge on any atom is -0.0616 e. The Morgan fingerprint density at radius 3 is 1.12 bits per heavy atom. The number of rotatable bonds is 5. The third-order valence-corrected chi connectivity index (χ3v) is 11.7. The topological polar surface area (TPSA) is 0 Å². The smallest absolute Gasteiger partial charge is 0.00261 e. The molecule has 0 bridgehead atoms. The second kappa shape index (κ2) is 13.2. The normalized spacial score (nSPS) is 11.6. The zero-order chi connectivity index (χ0) is 37.0. The summed E-state index contributed by atoms with van der Waals surface area (Å²) < 4.78 is 0. The van der Waals surface area contributed by atoms with Crippen molar-refractivity contribution in [1.29, 1.82) is 0 Å². The van der Waals surface area contributed by atoms with Gasteiger partial charge in [0.2, 0.25) is 0 Å². The Bertz CT molecular complexity index is 3270. The van der Waals surface area contributed by atoms with Gasteiger partial charge in [-0.25, -0.2) is 0 Å². The summed E-state index contributed by atoms with van der Waals surface area (Å²) in [6.07, 6.45) is 0. The van der Waals surface area contributed by atoms with Gasteiger partial charge in [-0.2, -0.15) is 0 Å². The lowest BCUT2D eigenvalue weighted by Crippen LogP contribution is -1.92. The van der Waals surface area contributed by atoms with Crippen LogP contribution in [0.3, 0.4) is 0 Å². The molecule has 0 aliphatic rings. The van der Waals surface area contributed by atoms with E-state index in [1.165, 1.54) is 109 Å². The van der Waals surface area contributed by atoms with Crippen LogP contribution in [0.15, 0.2) is 218 Å². The third kappa shape index (κ3) is 5.38. The lowest BCUT2D eigenvalue weighted by molar-refractivity contribution is 1.62. The highest BCUT2D eigenvalue weighted by atomic mass is 14.2. The van der Waals surface area contributed by atoms with Gasteiger partial charge in [-0.3, -0.25) is 0 Å². The highest BCUT2D eigenvalue weighted by Crippen LogP contribution is 2.46. The van der Waals surface area contributed by atoms with E-state index in [0.29, 0.717) is 0 Å². The molecule has 0 unspecified atom stereocenters. The van der Waals surface area contributed by atoms with Crippen LogP contribution in [-0.4, -0.2) is 0 Å². The summed E-state index contributed by atoms with van der Waals surface area (Å²) in [6, 6.07) is 80.4. The van der Waals surface area contributed by atoms with Crippen LogP contribution in [0.25, 0.3) is 109 Å². The molecule has 0 amide bonds. The van der Waals surface area contributed by atoms with E-state index in [9.17, 15) is 0 Å². The highest BCUT2D eigenvalue weighted by molar-refractivity contribution is 6.22. The van der Waals surface area contributed by atoms with E-state index in [0.717, 1.165) is 0 Å². The van der Waals surface area contributed by atoms with Crippen LogP contribution in [0.4, 0.5) is 0 Å². The number of hydrogen-bond donors (Lipinski definition) is 0. The summed E-state index contributed by atoms with van der Waals surface area (Å²) in [5, 5.41) is 12.6. The van der Waals surface area contributed by atoms with Gasteiger partial charge in [0.15, 0.2) is 0 Å². The lowest BCUT2D eigenvalue weighted by atomic mass is 9.84. The molecule has 0 radical (unpaired) electrons. The zero-order valence-electron chi connectivity index (χ0n) is 30.8. The maximum absolute atomic E-state index is 2.42. The van der Waals surface area contributed by atoms with Gasteiger partial charge in [0, 0.05) is 0 Å². The average Bonchev–Trinajstić information content (AvgIpc) is 3.27. The van der Waals surface area contributed by atoms with Crippen LogP contribution in [0.2, 0.25) is 0 Å². The summed E-state index contributed by atoms with van der Waals surface area (Å²) in [5.74, 6) is 0. The monoisotopic (exact) mass is 708 g/mol. The van der Waals surface area contributed by atoms with Gasteiger partial charge in [0.05, 0.1) is 0 Å². The molecule has 0 saturated carbocycles. The Kier molecular flexibility index (Phi) is 7.60.